The van der Waals surface area contributed by atoms with Gasteiger partial charge in [-0.05, 0) is 50.3 Å². The van der Waals surface area contributed by atoms with Crippen LogP contribution in [0.2, 0.25) is 0 Å². The third-order valence-electron chi connectivity index (χ3n) is 3.62. The Morgan fingerprint density at radius 1 is 1.40 bits per heavy atom. The number of nitrogens with zero attached hydrogens (tertiary/aromatic N) is 2. The summed E-state index contributed by atoms with van der Waals surface area (Å²) >= 11 is 2.01. The van der Waals surface area contributed by atoms with Gasteiger partial charge < -0.3 is 10.2 Å². The summed E-state index contributed by atoms with van der Waals surface area (Å²) in [6, 6.07) is 4.35. The van der Waals surface area contributed by atoms with Crippen LogP contribution in [0.1, 0.15) is 37.2 Å². The number of amides is 1. The quantitative estimate of drug-likeness (QED) is 0.906. The van der Waals surface area contributed by atoms with Crippen LogP contribution < -0.4 is 5.32 Å². The second-order valence-corrected chi connectivity index (χ2v) is 6.16. The molecule has 1 fully saturated rings. The number of hydrogen-bond donors (Lipinski definition) is 1. The minimum atomic E-state index is 0.0119. The minimum Gasteiger partial charge on any atom is -0.382 e. The highest BCUT2D eigenvalue weighted by atomic mass is 32.2. The number of carbonyl (C=O) groups is 1. The zero-order valence-electron chi connectivity index (χ0n) is 12.3. The molecule has 0 spiro atoms. The molecule has 0 bridgehead atoms. The predicted molar refractivity (Wildman–Crippen MR) is 85.5 cm³/mol. The fraction of sp³-hybridized carbons (Fsp3) is 0.600. The van der Waals surface area contributed by atoms with E-state index in [1.54, 1.807) is 11.1 Å². The summed E-state index contributed by atoms with van der Waals surface area (Å²) in [4.78, 5) is 18.3. The van der Waals surface area contributed by atoms with Crippen LogP contribution in [0, 0.1) is 0 Å². The highest BCUT2D eigenvalue weighted by molar-refractivity contribution is 7.99. The van der Waals surface area contributed by atoms with Gasteiger partial charge in [0.15, 0.2) is 0 Å². The van der Waals surface area contributed by atoms with Crippen LogP contribution in [-0.4, -0.2) is 46.4 Å². The van der Waals surface area contributed by atoms with Crippen LogP contribution in [0.15, 0.2) is 18.3 Å². The molecule has 0 saturated carbocycles. The van der Waals surface area contributed by atoms with Gasteiger partial charge in [-0.2, -0.15) is 11.8 Å². The molecule has 0 aliphatic carbocycles. The Hall–Kier alpha value is -1.23. The molecule has 1 aliphatic rings. The highest BCUT2D eigenvalue weighted by Gasteiger charge is 2.16. The van der Waals surface area contributed by atoms with Crippen LogP contribution >= 0.6 is 11.8 Å². The van der Waals surface area contributed by atoms with Gasteiger partial charge in [0.1, 0.15) is 5.69 Å². The molecule has 0 unspecified atom stereocenters. The van der Waals surface area contributed by atoms with Gasteiger partial charge >= 0.3 is 0 Å². The van der Waals surface area contributed by atoms with E-state index in [4.69, 9.17) is 0 Å². The maximum absolute atomic E-state index is 12.3. The van der Waals surface area contributed by atoms with E-state index in [1.165, 1.54) is 24.3 Å². The molecule has 1 aliphatic heterocycles. The van der Waals surface area contributed by atoms with E-state index in [0.717, 1.165) is 5.69 Å². The lowest BCUT2D eigenvalue weighted by Crippen LogP contribution is -2.31. The fourth-order valence-electron chi connectivity index (χ4n) is 2.39. The van der Waals surface area contributed by atoms with Crippen molar-refractivity contribution in [3.8, 4) is 0 Å². The van der Waals surface area contributed by atoms with Gasteiger partial charge in [-0.25, -0.2) is 0 Å². The zero-order chi connectivity index (χ0) is 14.4. The Labute approximate surface area is 125 Å². The van der Waals surface area contributed by atoms with Crippen molar-refractivity contribution in [2.75, 3.05) is 29.9 Å². The molecule has 110 valence electrons. The van der Waals surface area contributed by atoms with Gasteiger partial charge in [-0.3, -0.25) is 9.78 Å². The van der Waals surface area contributed by atoms with E-state index >= 15 is 0 Å². The van der Waals surface area contributed by atoms with Crippen LogP contribution in [0.3, 0.4) is 0 Å². The fourth-order valence-corrected chi connectivity index (χ4v) is 3.49. The summed E-state index contributed by atoms with van der Waals surface area (Å²) in [7, 11) is 0. The van der Waals surface area contributed by atoms with Gasteiger partial charge in [0.2, 0.25) is 0 Å². The number of carbonyl (C=O) groups excluding carboxylic acids is 1. The lowest BCUT2D eigenvalue weighted by atomic mass is 10.1. The molecule has 5 heteroatoms. The average Bonchev–Trinajstić information content (AvgIpc) is 2.49. The summed E-state index contributed by atoms with van der Waals surface area (Å²) < 4.78 is 0. The predicted octanol–water partition coefficient (Wildman–Crippen LogP) is 2.87. The van der Waals surface area contributed by atoms with Crippen molar-refractivity contribution >= 4 is 23.4 Å². The number of nitrogens with one attached hydrogen (secondary N) is 1. The Balaban J connectivity index is 2.05. The van der Waals surface area contributed by atoms with E-state index in [1.807, 2.05) is 37.7 Å². The SMILES string of the molecule is CCN(CC)C(=O)c1cc(NC2CCSCC2)ccn1. The summed E-state index contributed by atoms with van der Waals surface area (Å²) in [5, 5.41) is 3.53. The van der Waals surface area contributed by atoms with Crippen LogP contribution in [0.25, 0.3) is 0 Å². The van der Waals surface area contributed by atoms with Gasteiger partial charge in [-0.1, -0.05) is 0 Å². The molecule has 4 nitrogen and oxygen atoms in total. The maximum atomic E-state index is 12.3. The molecular weight excluding hydrogens is 270 g/mol. The first-order valence-electron chi connectivity index (χ1n) is 7.34. The standard InChI is InChI=1S/C15H23N3OS/c1-3-18(4-2)15(19)14-11-13(5-8-16-14)17-12-6-9-20-10-7-12/h5,8,11-12H,3-4,6-7,9-10H2,1-2H3,(H,16,17). The number of anilines is 1. The van der Waals surface area contributed by atoms with E-state index < -0.39 is 0 Å². The topological polar surface area (TPSA) is 45.2 Å². The Kier molecular flexibility index (Phi) is 5.71. The number of thioether (sulfide) groups is 1. The van der Waals surface area contributed by atoms with E-state index in [0.29, 0.717) is 24.8 Å². The van der Waals surface area contributed by atoms with Crippen molar-refractivity contribution in [1.29, 1.82) is 0 Å². The molecular formula is C15H23N3OS. The third kappa shape index (κ3) is 3.88. The molecule has 1 saturated heterocycles. The van der Waals surface area contributed by atoms with Crippen molar-refractivity contribution in [3.63, 3.8) is 0 Å². The number of rotatable bonds is 5. The van der Waals surface area contributed by atoms with Crippen LogP contribution in [0.4, 0.5) is 5.69 Å². The first-order chi connectivity index (χ1) is 9.74. The number of aromatic nitrogens is 1. The molecule has 20 heavy (non-hydrogen) atoms. The minimum absolute atomic E-state index is 0.0119. The first-order valence-corrected chi connectivity index (χ1v) is 8.49. The lowest BCUT2D eigenvalue weighted by Gasteiger charge is -2.24. The second kappa shape index (κ2) is 7.53. The smallest absolute Gasteiger partial charge is 0.272 e. The van der Waals surface area contributed by atoms with Gasteiger partial charge in [0, 0.05) is 31.0 Å². The summed E-state index contributed by atoms with van der Waals surface area (Å²) in [5.41, 5.74) is 1.54. The van der Waals surface area contributed by atoms with Crippen LogP contribution in [0.5, 0.6) is 0 Å². The largest absolute Gasteiger partial charge is 0.382 e. The molecule has 2 heterocycles. The molecule has 1 N–H and O–H groups in total. The highest BCUT2D eigenvalue weighted by Crippen LogP contribution is 2.21. The van der Waals surface area contributed by atoms with E-state index in [9.17, 15) is 4.79 Å². The van der Waals surface area contributed by atoms with Gasteiger partial charge in [0.05, 0.1) is 0 Å². The Bertz CT molecular complexity index is 442. The maximum Gasteiger partial charge on any atom is 0.272 e. The van der Waals surface area contributed by atoms with E-state index in [-0.39, 0.29) is 5.91 Å². The molecule has 2 rings (SSSR count). The van der Waals surface area contributed by atoms with Gasteiger partial charge in [-0.15, -0.1) is 0 Å². The lowest BCUT2D eigenvalue weighted by molar-refractivity contribution is 0.0767. The molecule has 1 amide bonds. The monoisotopic (exact) mass is 293 g/mol. The van der Waals surface area contributed by atoms with Crippen molar-refractivity contribution < 1.29 is 4.79 Å². The second-order valence-electron chi connectivity index (χ2n) is 4.94. The van der Waals surface area contributed by atoms with Crippen molar-refractivity contribution in [3.05, 3.63) is 24.0 Å². The number of hydrogen-bond acceptors (Lipinski definition) is 4. The Morgan fingerprint density at radius 3 is 2.75 bits per heavy atom. The Morgan fingerprint density at radius 2 is 2.10 bits per heavy atom. The first kappa shape index (κ1) is 15.2. The summed E-state index contributed by atoms with van der Waals surface area (Å²) in [6.07, 6.45) is 4.09. The summed E-state index contributed by atoms with van der Waals surface area (Å²) in [5.74, 6) is 2.44. The van der Waals surface area contributed by atoms with Crippen molar-refractivity contribution in [1.82, 2.24) is 9.88 Å². The zero-order valence-corrected chi connectivity index (χ0v) is 13.1. The normalized spacial score (nSPS) is 15.9. The molecule has 1 aromatic heterocycles. The van der Waals surface area contributed by atoms with Crippen molar-refractivity contribution in [2.45, 2.75) is 32.7 Å². The summed E-state index contributed by atoms with van der Waals surface area (Å²) in [6.45, 7) is 5.41. The number of pyridine rings is 1. The third-order valence-corrected chi connectivity index (χ3v) is 4.67. The molecule has 1 aromatic rings. The molecule has 0 aromatic carbocycles. The van der Waals surface area contributed by atoms with Gasteiger partial charge in [0.25, 0.3) is 5.91 Å². The average molecular weight is 293 g/mol. The molecule has 0 radical (unpaired) electrons. The van der Waals surface area contributed by atoms with Crippen LogP contribution in [-0.2, 0) is 0 Å². The van der Waals surface area contributed by atoms with E-state index in [2.05, 4.69) is 10.3 Å². The van der Waals surface area contributed by atoms with Crippen molar-refractivity contribution in [2.24, 2.45) is 0 Å². The molecule has 0 atom stereocenters.